The first-order valence-electron chi connectivity index (χ1n) is 9.98. The Labute approximate surface area is 175 Å². The monoisotopic (exact) mass is 427 g/mol. The van der Waals surface area contributed by atoms with E-state index in [-0.39, 0.29) is 6.03 Å². The van der Waals surface area contributed by atoms with Gasteiger partial charge in [0.2, 0.25) is 0 Å². The molecule has 0 saturated carbocycles. The van der Waals surface area contributed by atoms with Crippen molar-refractivity contribution < 1.29 is 23.6 Å². The third-order valence-corrected chi connectivity index (χ3v) is 5.94. The molecule has 2 atom stereocenters. The van der Waals surface area contributed by atoms with Crippen LogP contribution in [0.15, 0.2) is 24.3 Å². The molecule has 1 fully saturated rings. The Morgan fingerprint density at radius 1 is 1.31 bits per heavy atom. The molecule has 29 heavy (non-hydrogen) atoms. The van der Waals surface area contributed by atoms with Crippen molar-refractivity contribution in [3.63, 3.8) is 0 Å². The van der Waals surface area contributed by atoms with Crippen molar-refractivity contribution in [3.8, 4) is 0 Å². The molecule has 1 aromatic rings. The van der Waals surface area contributed by atoms with Crippen molar-refractivity contribution in [2.75, 3.05) is 70.7 Å². The third-order valence-electron chi connectivity index (χ3n) is 4.66. The number of hydrogen-bond acceptors (Lipinski definition) is 6. The second-order valence-corrected chi connectivity index (χ2v) is 8.59. The number of carbonyl (C=O) groups excluding carboxylic acids is 1. The van der Waals surface area contributed by atoms with Crippen LogP contribution in [0.2, 0.25) is 0 Å². The van der Waals surface area contributed by atoms with E-state index in [1.807, 2.05) is 31.2 Å². The molecule has 1 aromatic carbocycles. The van der Waals surface area contributed by atoms with E-state index in [9.17, 15) is 14.1 Å². The zero-order chi connectivity index (χ0) is 21.1. The Balaban J connectivity index is 1.78. The number of aliphatic hydroxyl groups is 1. The summed E-state index contributed by atoms with van der Waals surface area (Å²) in [6, 6.07) is 7.32. The van der Waals surface area contributed by atoms with E-state index < -0.39 is 16.9 Å². The summed E-state index contributed by atoms with van der Waals surface area (Å²) in [4.78, 5) is 16.5. The first kappa shape index (κ1) is 23.8. The fraction of sp³-hybridized carbons (Fsp3) is 0.650. The molecule has 1 saturated heterocycles. The van der Waals surface area contributed by atoms with Gasteiger partial charge in [0.15, 0.2) is 0 Å². The number of hydrogen-bond donors (Lipinski definition) is 2. The maximum absolute atomic E-state index is 12.6. The minimum absolute atomic E-state index is 0.142. The van der Waals surface area contributed by atoms with Crippen LogP contribution in [0.1, 0.15) is 12.5 Å². The molecule has 2 N–H and O–H groups in total. The van der Waals surface area contributed by atoms with E-state index in [4.69, 9.17) is 9.47 Å². The molecule has 0 unspecified atom stereocenters. The van der Waals surface area contributed by atoms with Gasteiger partial charge in [0.25, 0.3) is 0 Å². The molecule has 164 valence electrons. The number of urea groups is 1. The molecule has 2 rings (SSSR count). The Kier molecular flexibility index (Phi) is 10.6. The highest BCUT2D eigenvalue weighted by atomic mass is 32.2. The lowest BCUT2D eigenvalue weighted by molar-refractivity contribution is 0.0139. The lowest BCUT2D eigenvalue weighted by Gasteiger charge is -2.35. The van der Waals surface area contributed by atoms with Gasteiger partial charge in [-0.05, 0) is 24.6 Å². The Morgan fingerprint density at radius 3 is 2.76 bits per heavy atom. The molecule has 8 nitrogen and oxygen atoms in total. The Bertz CT molecular complexity index is 653. The number of nitrogens with zero attached hydrogens (tertiary/aromatic N) is 2. The Hall–Kier alpha value is -1.52. The van der Waals surface area contributed by atoms with Gasteiger partial charge in [0, 0.05) is 74.4 Å². The fourth-order valence-corrected chi connectivity index (χ4v) is 4.16. The number of carbonyl (C=O) groups is 1. The summed E-state index contributed by atoms with van der Waals surface area (Å²) in [5, 5.41) is 12.9. The average Bonchev–Trinajstić information content (AvgIpc) is 2.71. The quantitative estimate of drug-likeness (QED) is 0.550. The second-order valence-electron chi connectivity index (χ2n) is 7.01. The van der Waals surface area contributed by atoms with Crippen molar-refractivity contribution in [1.82, 2.24) is 9.80 Å². The highest BCUT2D eigenvalue weighted by molar-refractivity contribution is 7.84. The van der Waals surface area contributed by atoms with Crippen molar-refractivity contribution >= 4 is 22.5 Å². The van der Waals surface area contributed by atoms with Crippen LogP contribution in [0.5, 0.6) is 0 Å². The molecule has 0 spiro atoms. The van der Waals surface area contributed by atoms with Crippen LogP contribution in [-0.2, 0) is 26.0 Å². The highest BCUT2D eigenvalue weighted by Crippen LogP contribution is 2.14. The fourth-order valence-electron chi connectivity index (χ4n) is 3.11. The number of methoxy groups -OCH3 is 1. The van der Waals surface area contributed by atoms with Gasteiger partial charge >= 0.3 is 6.03 Å². The molecule has 0 radical (unpaired) electrons. The number of piperazine rings is 1. The van der Waals surface area contributed by atoms with Crippen molar-refractivity contribution in [1.29, 1.82) is 0 Å². The zero-order valence-corrected chi connectivity index (χ0v) is 18.2. The molecule has 0 aromatic heterocycles. The van der Waals surface area contributed by atoms with Gasteiger partial charge < -0.3 is 24.8 Å². The van der Waals surface area contributed by atoms with E-state index >= 15 is 0 Å². The van der Waals surface area contributed by atoms with E-state index in [1.165, 1.54) is 0 Å². The van der Waals surface area contributed by atoms with Gasteiger partial charge in [0.1, 0.15) is 0 Å². The lowest BCUT2D eigenvalue weighted by atomic mass is 10.2. The van der Waals surface area contributed by atoms with Crippen LogP contribution in [0.4, 0.5) is 10.5 Å². The first-order valence-corrected chi connectivity index (χ1v) is 11.5. The number of nitrogens with one attached hydrogen (secondary N) is 1. The molecule has 1 aliphatic rings. The minimum Gasteiger partial charge on any atom is -0.389 e. The number of anilines is 1. The lowest BCUT2D eigenvalue weighted by Crippen LogP contribution is -2.51. The van der Waals surface area contributed by atoms with Gasteiger partial charge in [-0.2, -0.15) is 0 Å². The zero-order valence-electron chi connectivity index (χ0n) is 17.3. The van der Waals surface area contributed by atoms with Gasteiger partial charge in [-0.3, -0.25) is 9.11 Å². The molecular weight excluding hydrogens is 394 g/mol. The van der Waals surface area contributed by atoms with Gasteiger partial charge in [-0.1, -0.05) is 12.1 Å². The second kappa shape index (κ2) is 12.9. The van der Waals surface area contributed by atoms with Crippen LogP contribution in [0, 0.1) is 0 Å². The van der Waals surface area contributed by atoms with Crippen LogP contribution in [0.3, 0.4) is 0 Å². The Morgan fingerprint density at radius 2 is 2.07 bits per heavy atom. The topological polar surface area (TPSA) is 91.3 Å². The molecule has 0 aliphatic carbocycles. The standard InChI is InChI=1S/C20H33N3O5S/c1-3-28-15-19(24)14-22-7-9-23(10-8-22)20(25)21-18-6-4-5-17(13-18)16-29(26)12-11-27-2/h4-6,13,19,24H,3,7-12,14-16H2,1-2H3,(H,21,25)/t19-,29+/m1/s1. The SMILES string of the molecule is CCOC[C@H](O)CN1CCN(C(=O)Nc2cccc(C[S@@](=O)CCOC)c2)CC1. The molecule has 1 heterocycles. The summed E-state index contributed by atoms with van der Waals surface area (Å²) in [6.07, 6.45) is -0.507. The highest BCUT2D eigenvalue weighted by Gasteiger charge is 2.22. The van der Waals surface area contributed by atoms with Gasteiger partial charge in [-0.15, -0.1) is 0 Å². The third kappa shape index (κ3) is 8.79. The summed E-state index contributed by atoms with van der Waals surface area (Å²) in [6.45, 7) is 6.50. The van der Waals surface area contributed by atoms with Crippen LogP contribution < -0.4 is 5.32 Å². The minimum atomic E-state index is -0.991. The number of amides is 2. The van der Waals surface area contributed by atoms with Crippen molar-refractivity contribution in [2.45, 2.75) is 18.8 Å². The van der Waals surface area contributed by atoms with E-state index in [0.29, 0.717) is 56.6 Å². The van der Waals surface area contributed by atoms with Crippen LogP contribution in [-0.4, -0.2) is 96.7 Å². The van der Waals surface area contributed by atoms with Gasteiger partial charge in [-0.25, -0.2) is 4.79 Å². The maximum Gasteiger partial charge on any atom is 0.321 e. The van der Waals surface area contributed by atoms with E-state index in [2.05, 4.69) is 10.2 Å². The number of ether oxygens (including phenoxy) is 2. The predicted molar refractivity (Wildman–Crippen MR) is 115 cm³/mol. The predicted octanol–water partition coefficient (Wildman–Crippen LogP) is 1.13. The number of benzene rings is 1. The largest absolute Gasteiger partial charge is 0.389 e. The first-order chi connectivity index (χ1) is 14.0. The average molecular weight is 428 g/mol. The summed E-state index contributed by atoms with van der Waals surface area (Å²) in [5.74, 6) is 0.937. The van der Waals surface area contributed by atoms with E-state index in [0.717, 1.165) is 18.7 Å². The number of rotatable bonds is 11. The molecule has 2 amide bonds. The number of aliphatic hydroxyl groups excluding tert-OH is 1. The van der Waals surface area contributed by atoms with Crippen molar-refractivity contribution in [2.24, 2.45) is 0 Å². The molecule has 1 aliphatic heterocycles. The molecule has 9 heteroatoms. The normalized spacial score (nSPS) is 17.1. The van der Waals surface area contributed by atoms with Gasteiger partial charge in [0.05, 0.1) is 19.3 Å². The maximum atomic E-state index is 12.6. The van der Waals surface area contributed by atoms with Crippen LogP contribution in [0.25, 0.3) is 0 Å². The number of β-amino-alcohol motifs (C(OH)–C–C–N with tert-alkyl or cyclic N) is 1. The van der Waals surface area contributed by atoms with E-state index in [1.54, 1.807) is 12.0 Å². The molecule has 0 bridgehead atoms. The van der Waals surface area contributed by atoms with Crippen molar-refractivity contribution in [3.05, 3.63) is 29.8 Å². The summed E-state index contributed by atoms with van der Waals surface area (Å²) in [7, 11) is 0.603. The summed E-state index contributed by atoms with van der Waals surface area (Å²) < 4.78 is 22.2. The molecular formula is C20H33N3O5S. The summed E-state index contributed by atoms with van der Waals surface area (Å²) >= 11 is 0. The smallest absolute Gasteiger partial charge is 0.321 e. The van der Waals surface area contributed by atoms with Crippen LogP contribution >= 0.6 is 0 Å². The summed E-state index contributed by atoms with van der Waals surface area (Å²) in [5.41, 5.74) is 1.62.